The Hall–Kier alpha value is -1.55. The number of rotatable bonds is 2. The molecule has 0 fully saturated rings. The van der Waals surface area contributed by atoms with E-state index in [2.05, 4.69) is 5.16 Å². The van der Waals surface area contributed by atoms with Gasteiger partial charge in [-0.3, -0.25) is 4.79 Å². The molecule has 0 spiro atoms. The highest BCUT2D eigenvalue weighted by atomic mass is 35.5. The molecule has 2 rings (SSSR count). The summed E-state index contributed by atoms with van der Waals surface area (Å²) in [6.45, 7) is 0. The standard InChI is InChI=1S/C8H4ClNO3/c9-8-2-1-6(12-8)7-3-5(4-11)10-13-7/h1-4H. The highest BCUT2D eigenvalue weighted by molar-refractivity contribution is 6.28. The van der Waals surface area contributed by atoms with E-state index in [0.29, 0.717) is 17.8 Å². The largest absolute Gasteiger partial charge is 0.441 e. The second-order valence-electron chi connectivity index (χ2n) is 2.34. The second-order valence-corrected chi connectivity index (χ2v) is 2.71. The molecule has 66 valence electrons. The van der Waals surface area contributed by atoms with E-state index in [1.807, 2.05) is 0 Å². The summed E-state index contributed by atoms with van der Waals surface area (Å²) in [5.41, 5.74) is 0.225. The van der Waals surface area contributed by atoms with E-state index in [4.69, 9.17) is 20.5 Å². The van der Waals surface area contributed by atoms with Crippen molar-refractivity contribution in [3.63, 3.8) is 0 Å². The molecule has 0 bridgehead atoms. The summed E-state index contributed by atoms with van der Waals surface area (Å²) in [7, 11) is 0. The van der Waals surface area contributed by atoms with Crippen LogP contribution in [0.5, 0.6) is 0 Å². The van der Waals surface area contributed by atoms with Gasteiger partial charge >= 0.3 is 0 Å². The van der Waals surface area contributed by atoms with Crippen LogP contribution in [0.1, 0.15) is 10.5 Å². The van der Waals surface area contributed by atoms with Crippen molar-refractivity contribution in [2.24, 2.45) is 0 Å². The van der Waals surface area contributed by atoms with Crippen molar-refractivity contribution >= 4 is 17.9 Å². The smallest absolute Gasteiger partial charge is 0.202 e. The molecule has 0 amide bonds. The molecule has 0 radical (unpaired) electrons. The van der Waals surface area contributed by atoms with Gasteiger partial charge in [0.1, 0.15) is 5.69 Å². The molecule has 0 aliphatic heterocycles. The van der Waals surface area contributed by atoms with E-state index >= 15 is 0 Å². The Balaban J connectivity index is 2.40. The molecule has 13 heavy (non-hydrogen) atoms. The van der Waals surface area contributed by atoms with Crippen LogP contribution in [0.2, 0.25) is 5.22 Å². The van der Waals surface area contributed by atoms with Crippen LogP contribution in [0.4, 0.5) is 0 Å². The maximum absolute atomic E-state index is 10.3. The summed E-state index contributed by atoms with van der Waals surface area (Å²) in [6.07, 6.45) is 0.595. The molecule has 0 aliphatic carbocycles. The molecule has 5 heteroatoms. The first-order valence-electron chi connectivity index (χ1n) is 3.47. The lowest BCUT2D eigenvalue weighted by molar-refractivity contribution is 0.111. The predicted molar refractivity (Wildman–Crippen MR) is 44.6 cm³/mol. The quantitative estimate of drug-likeness (QED) is 0.694. The second kappa shape index (κ2) is 3.06. The predicted octanol–water partition coefficient (Wildman–Crippen LogP) is 2.40. The van der Waals surface area contributed by atoms with Crippen LogP contribution in [-0.4, -0.2) is 11.4 Å². The lowest BCUT2D eigenvalue weighted by Gasteiger charge is -1.84. The number of carbonyl (C=O) groups is 1. The van der Waals surface area contributed by atoms with Crippen LogP contribution in [-0.2, 0) is 0 Å². The highest BCUT2D eigenvalue weighted by Gasteiger charge is 2.09. The minimum absolute atomic E-state index is 0.225. The summed E-state index contributed by atoms with van der Waals surface area (Å²) in [5, 5.41) is 3.74. The van der Waals surface area contributed by atoms with Crippen molar-refractivity contribution in [2.75, 3.05) is 0 Å². The molecule has 2 aromatic heterocycles. The lowest BCUT2D eigenvalue weighted by Crippen LogP contribution is -1.72. The Kier molecular flexibility index (Phi) is 1.90. The van der Waals surface area contributed by atoms with E-state index in [9.17, 15) is 4.79 Å². The summed E-state index contributed by atoms with van der Waals surface area (Å²) in [5.74, 6) is 0.833. The third-order valence-corrected chi connectivity index (χ3v) is 1.67. The molecule has 0 saturated heterocycles. The van der Waals surface area contributed by atoms with Crippen LogP contribution in [0.25, 0.3) is 11.5 Å². The van der Waals surface area contributed by atoms with Gasteiger partial charge in [0.2, 0.25) is 5.76 Å². The van der Waals surface area contributed by atoms with Crippen LogP contribution < -0.4 is 0 Å². The van der Waals surface area contributed by atoms with E-state index in [1.165, 1.54) is 6.07 Å². The molecule has 0 N–H and O–H groups in total. The van der Waals surface area contributed by atoms with E-state index < -0.39 is 0 Å². The van der Waals surface area contributed by atoms with Gasteiger partial charge in [-0.25, -0.2) is 0 Å². The van der Waals surface area contributed by atoms with Crippen molar-refractivity contribution < 1.29 is 13.7 Å². The third kappa shape index (κ3) is 1.48. The summed E-state index contributed by atoms with van der Waals surface area (Å²) in [4.78, 5) is 10.3. The van der Waals surface area contributed by atoms with Gasteiger partial charge in [0.25, 0.3) is 0 Å². The van der Waals surface area contributed by atoms with Crippen LogP contribution in [0.15, 0.2) is 27.1 Å². The van der Waals surface area contributed by atoms with Gasteiger partial charge in [-0.05, 0) is 23.7 Å². The Morgan fingerprint density at radius 2 is 2.23 bits per heavy atom. The Morgan fingerprint density at radius 1 is 1.38 bits per heavy atom. The average Bonchev–Trinajstić information content (AvgIpc) is 2.71. The SMILES string of the molecule is O=Cc1cc(-c2ccc(Cl)o2)on1. The van der Waals surface area contributed by atoms with Crippen molar-refractivity contribution in [3.8, 4) is 11.5 Å². The van der Waals surface area contributed by atoms with Gasteiger partial charge in [0.15, 0.2) is 17.3 Å². The fraction of sp³-hybridized carbons (Fsp3) is 0. The van der Waals surface area contributed by atoms with Crippen molar-refractivity contribution in [3.05, 3.63) is 29.1 Å². The van der Waals surface area contributed by atoms with Gasteiger partial charge in [0.05, 0.1) is 0 Å². The minimum Gasteiger partial charge on any atom is -0.441 e. The van der Waals surface area contributed by atoms with E-state index in [-0.39, 0.29) is 10.9 Å². The fourth-order valence-corrected chi connectivity index (χ4v) is 1.05. The van der Waals surface area contributed by atoms with Gasteiger partial charge in [-0.1, -0.05) is 5.16 Å². The van der Waals surface area contributed by atoms with Gasteiger partial charge in [-0.15, -0.1) is 0 Å². The number of furan rings is 1. The number of aromatic nitrogens is 1. The fourth-order valence-electron chi connectivity index (χ4n) is 0.907. The number of aldehydes is 1. The van der Waals surface area contributed by atoms with Crippen LogP contribution in [0, 0.1) is 0 Å². The first-order valence-corrected chi connectivity index (χ1v) is 3.85. The molecule has 0 atom stereocenters. The molecule has 2 aromatic rings. The van der Waals surface area contributed by atoms with Crippen LogP contribution in [0.3, 0.4) is 0 Å². The number of halogens is 1. The topological polar surface area (TPSA) is 56.2 Å². The van der Waals surface area contributed by atoms with E-state index in [0.717, 1.165) is 0 Å². The van der Waals surface area contributed by atoms with Gasteiger partial charge in [0, 0.05) is 6.07 Å². The zero-order valence-electron chi connectivity index (χ0n) is 6.36. The molecule has 0 aromatic carbocycles. The summed E-state index contributed by atoms with van der Waals surface area (Å²) in [6, 6.07) is 4.69. The number of hydrogen-bond acceptors (Lipinski definition) is 4. The molecule has 0 saturated carbocycles. The highest BCUT2D eigenvalue weighted by Crippen LogP contribution is 2.24. The molecule has 0 aliphatic rings. The average molecular weight is 198 g/mol. The Bertz CT molecular complexity index is 432. The first-order chi connectivity index (χ1) is 6.29. The zero-order chi connectivity index (χ0) is 9.26. The number of nitrogens with zero attached hydrogens (tertiary/aromatic N) is 1. The minimum atomic E-state index is 0.225. The lowest BCUT2D eigenvalue weighted by atomic mass is 10.3. The van der Waals surface area contributed by atoms with Crippen molar-refractivity contribution in [2.45, 2.75) is 0 Å². The molecular formula is C8H4ClNO3. The number of carbonyl (C=O) groups excluding carboxylic acids is 1. The zero-order valence-corrected chi connectivity index (χ0v) is 7.12. The summed E-state index contributed by atoms with van der Waals surface area (Å²) >= 11 is 5.55. The van der Waals surface area contributed by atoms with E-state index in [1.54, 1.807) is 12.1 Å². The Morgan fingerprint density at radius 3 is 2.77 bits per heavy atom. The molecule has 0 unspecified atom stereocenters. The first kappa shape index (κ1) is 8.07. The molecule has 2 heterocycles. The van der Waals surface area contributed by atoms with Crippen molar-refractivity contribution in [1.82, 2.24) is 5.16 Å². The maximum atomic E-state index is 10.3. The van der Waals surface area contributed by atoms with Gasteiger partial charge < -0.3 is 8.94 Å². The summed E-state index contributed by atoms with van der Waals surface area (Å²) < 4.78 is 9.86. The normalized spacial score (nSPS) is 10.2. The maximum Gasteiger partial charge on any atom is 0.202 e. The molecular weight excluding hydrogens is 194 g/mol. The van der Waals surface area contributed by atoms with Crippen molar-refractivity contribution in [1.29, 1.82) is 0 Å². The number of hydrogen-bond donors (Lipinski definition) is 0. The Labute approximate surface area is 78.1 Å². The van der Waals surface area contributed by atoms with Gasteiger partial charge in [-0.2, -0.15) is 0 Å². The molecule has 4 nitrogen and oxygen atoms in total. The monoisotopic (exact) mass is 197 g/mol. The van der Waals surface area contributed by atoms with Crippen LogP contribution >= 0.6 is 11.6 Å². The third-order valence-electron chi connectivity index (χ3n) is 1.47.